The average molecular weight is 310 g/mol. The van der Waals surface area contributed by atoms with Crippen LogP contribution in [0.1, 0.15) is 44.1 Å². The van der Waals surface area contributed by atoms with Gasteiger partial charge in [0.1, 0.15) is 12.6 Å². The Morgan fingerprint density at radius 3 is 2.71 bits per heavy atom. The van der Waals surface area contributed by atoms with Gasteiger partial charge in [-0.2, -0.15) is 0 Å². The molecule has 0 radical (unpaired) electrons. The molecule has 1 saturated heterocycles. The summed E-state index contributed by atoms with van der Waals surface area (Å²) in [6, 6.07) is 10.3. The highest BCUT2D eigenvalue weighted by Crippen LogP contribution is 2.32. The lowest BCUT2D eigenvalue weighted by Gasteiger charge is -2.15. The molecule has 0 amide bonds. The zero-order valence-electron chi connectivity index (χ0n) is 12.3. The molecule has 4 heteroatoms. The summed E-state index contributed by atoms with van der Waals surface area (Å²) >= 11 is 0. The molecule has 2 fully saturated rings. The SMILES string of the molecule is Cl.O=C(OCc1ccccc1)[C@H]1C[C@@H]2CCCCC[C@@H]2N1. The summed E-state index contributed by atoms with van der Waals surface area (Å²) in [5.41, 5.74) is 1.05. The molecule has 0 aromatic heterocycles. The van der Waals surface area contributed by atoms with E-state index in [0.717, 1.165) is 12.0 Å². The molecule has 2 aliphatic rings. The minimum Gasteiger partial charge on any atom is -0.460 e. The van der Waals surface area contributed by atoms with Crippen LogP contribution in [0.25, 0.3) is 0 Å². The first kappa shape index (κ1) is 16.3. The van der Waals surface area contributed by atoms with E-state index in [0.29, 0.717) is 18.6 Å². The number of carbonyl (C=O) groups excluding carboxylic acids is 1. The van der Waals surface area contributed by atoms with Crippen LogP contribution in [0.3, 0.4) is 0 Å². The van der Waals surface area contributed by atoms with Crippen LogP contribution in [-0.4, -0.2) is 18.1 Å². The van der Waals surface area contributed by atoms with Crippen molar-refractivity contribution in [3.8, 4) is 0 Å². The monoisotopic (exact) mass is 309 g/mol. The van der Waals surface area contributed by atoms with E-state index in [-0.39, 0.29) is 24.4 Å². The number of fused-ring (bicyclic) bond motifs is 1. The van der Waals surface area contributed by atoms with Gasteiger partial charge in [-0.1, -0.05) is 49.6 Å². The van der Waals surface area contributed by atoms with E-state index in [1.807, 2.05) is 30.3 Å². The molecule has 1 aromatic carbocycles. The number of hydrogen-bond acceptors (Lipinski definition) is 3. The molecular weight excluding hydrogens is 286 g/mol. The molecule has 3 nitrogen and oxygen atoms in total. The number of hydrogen-bond donors (Lipinski definition) is 1. The van der Waals surface area contributed by atoms with E-state index in [2.05, 4.69) is 5.32 Å². The lowest BCUT2D eigenvalue weighted by atomic mass is 9.94. The van der Waals surface area contributed by atoms with Crippen molar-refractivity contribution in [3.05, 3.63) is 35.9 Å². The van der Waals surface area contributed by atoms with Crippen molar-refractivity contribution in [1.82, 2.24) is 5.32 Å². The minimum absolute atomic E-state index is 0. The number of rotatable bonds is 3. The first-order chi connectivity index (χ1) is 9.83. The van der Waals surface area contributed by atoms with Crippen LogP contribution in [0.4, 0.5) is 0 Å². The molecule has 1 saturated carbocycles. The number of ether oxygens (including phenoxy) is 1. The Balaban J connectivity index is 0.00000161. The third kappa shape index (κ3) is 4.21. The van der Waals surface area contributed by atoms with E-state index >= 15 is 0 Å². The third-order valence-corrected chi connectivity index (χ3v) is 4.62. The topological polar surface area (TPSA) is 38.3 Å². The average Bonchev–Trinajstić information content (AvgIpc) is 2.77. The third-order valence-electron chi connectivity index (χ3n) is 4.62. The van der Waals surface area contributed by atoms with Gasteiger partial charge in [-0.3, -0.25) is 4.79 Å². The lowest BCUT2D eigenvalue weighted by molar-refractivity contribution is -0.147. The molecule has 1 heterocycles. The predicted octanol–water partition coefficient (Wildman–Crippen LogP) is 3.46. The molecule has 3 atom stereocenters. The molecule has 0 unspecified atom stereocenters. The van der Waals surface area contributed by atoms with Crippen LogP contribution < -0.4 is 5.32 Å². The largest absolute Gasteiger partial charge is 0.460 e. The van der Waals surface area contributed by atoms with Gasteiger partial charge in [-0.15, -0.1) is 12.4 Å². The van der Waals surface area contributed by atoms with Gasteiger partial charge >= 0.3 is 5.97 Å². The van der Waals surface area contributed by atoms with E-state index in [1.165, 1.54) is 32.1 Å². The van der Waals surface area contributed by atoms with Crippen LogP contribution in [0.15, 0.2) is 30.3 Å². The number of esters is 1. The van der Waals surface area contributed by atoms with Crippen molar-refractivity contribution < 1.29 is 9.53 Å². The van der Waals surface area contributed by atoms with Crippen LogP contribution in [-0.2, 0) is 16.1 Å². The van der Waals surface area contributed by atoms with Crippen LogP contribution in [0.2, 0.25) is 0 Å². The molecule has 0 bridgehead atoms. The first-order valence-electron chi connectivity index (χ1n) is 7.79. The highest BCUT2D eigenvalue weighted by molar-refractivity contribution is 5.85. The Labute approximate surface area is 132 Å². The Kier molecular flexibility index (Phi) is 6.07. The number of nitrogens with one attached hydrogen (secondary N) is 1. The normalized spacial score (nSPS) is 28.1. The van der Waals surface area contributed by atoms with E-state index in [9.17, 15) is 4.79 Å². The molecule has 0 spiro atoms. The number of benzene rings is 1. The van der Waals surface area contributed by atoms with Crippen molar-refractivity contribution in [2.75, 3.05) is 0 Å². The van der Waals surface area contributed by atoms with Crippen molar-refractivity contribution in [2.24, 2.45) is 5.92 Å². The van der Waals surface area contributed by atoms with Gasteiger partial charge in [-0.05, 0) is 30.7 Å². The van der Waals surface area contributed by atoms with Gasteiger partial charge in [0.25, 0.3) is 0 Å². The fraction of sp³-hybridized carbons (Fsp3) is 0.588. The van der Waals surface area contributed by atoms with Gasteiger partial charge in [0.2, 0.25) is 0 Å². The highest BCUT2D eigenvalue weighted by Gasteiger charge is 2.38. The van der Waals surface area contributed by atoms with Gasteiger partial charge in [0.15, 0.2) is 0 Å². The van der Waals surface area contributed by atoms with Gasteiger partial charge in [-0.25, -0.2) is 0 Å². The Morgan fingerprint density at radius 1 is 1.14 bits per heavy atom. The van der Waals surface area contributed by atoms with Crippen molar-refractivity contribution in [3.63, 3.8) is 0 Å². The van der Waals surface area contributed by atoms with Crippen LogP contribution in [0.5, 0.6) is 0 Å². The van der Waals surface area contributed by atoms with Gasteiger partial charge < -0.3 is 10.1 Å². The second-order valence-electron chi connectivity index (χ2n) is 6.05. The van der Waals surface area contributed by atoms with E-state index < -0.39 is 0 Å². The fourth-order valence-corrected chi connectivity index (χ4v) is 3.51. The molecule has 1 aromatic rings. The fourth-order valence-electron chi connectivity index (χ4n) is 3.51. The zero-order valence-corrected chi connectivity index (χ0v) is 13.1. The Bertz CT molecular complexity index is 437. The molecule has 1 aliphatic heterocycles. The molecule has 116 valence electrons. The first-order valence-corrected chi connectivity index (χ1v) is 7.79. The predicted molar refractivity (Wildman–Crippen MR) is 85.4 cm³/mol. The highest BCUT2D eigenvalue weighted by atomic mass is 35.5. The summed E-state index contributed by atoms with van der Waals surface area (Å²) in [5.74, 6) is 0.591. The summed E-state index contributed by atoms with van der Waals surface area (Å²) < 4.78 is 5.45. The standard InChI is InChI=1S/C17H23NO2.ClH/c19-17(20-12-13-7-3-1-4-8-13)16-11-14-9-5-2-6-10-15(14)18-16;/h1,3-4,7-8,14-16,18H,2,5-6,9-12H2;1H/t14-,15-,16+;/m0./s1. The second kappa shape index (κ2) is 7.81. The van der Waals surface area contributed by atoms with Gasteiger partial charge in [0, 0.05) is 6.04 Å². The molecule has 1 N–H and O–H groups in total. The Hall–Kier alpha value is -1.06. The maximum absolute atomic E-state index is 12.2. The number of carbonyl (C=O) groups is 1. The quantitative estimate of drug-likeness (QED) is 0.869. The summed E-state index contributed by atoms with van der Waals surface area (Å²) in [6.07, 6.45) is 7.39. The lowest BCUT2D eigenvalue weighted by Crippen LogP contribution is -2.37. The van der Waals surface area contributed by atoms with E-state index in [4.69, 9.17) is 4.74 Å². The molecule has 1 aliphatic carbocycles. The molecular formula is C17H24ClNO2. The Morgan fingerprint density at radius 2 is 1.90 bits per heavy atom. The van der Waals surface area contributed by atoms with Crippen molar-refractivity contribution in [1.29, 1.82) is 0 Å². The molecule has 21 heavy (non-hydrogen) atoms. The smallest absolute Gasteiger partial charge is 0.323 e. The second-order valence-corrected chi connectivity index (χ2v) is 6.05. The summed E-state index contributed by atoms with van der Waals surface area (Å²) in [6.45, 7) is 0.382. The van der Waals surface area contributed by atoms with Crippen LogP contribution >= 0.6 is 12.4 Å². The maximum Gasteiger partial charge on any atom is 0.323 e. The van der Waals surface area contributed by atoms with Gasteiger partial charge in [0.05, 0.1) is 0 Å². The minimum atomic E-state index is -0.0909. The summed E-state index contributed by atoms with van der Waals surface area (Å²) in [7, 11) is 0. The van der Waals surface area contributed by atoms with Crippen molar-refractivity contribution in [2.45, 2.75) is 57.2 Å². The van der Waals surface area contributed by atoms with Crippen molar-refractivity contribution >= 4 is 18.4 Å². The summed E-state index contributed by atoms with van der Waals surface area (Å²) in [5, 5.41) is 3.49. The number of halogens is 1. The summed E-state index contributed by atoms with van der Waals surface area (Å²) in [4.78, 5) is 12.2. The van der Waals surface area contributed by atoms with Crippen LogP contribution in [0, 0.1) is 5.92 Å². The zero-order chi connectivity index (χ0) is 13.8. The maximum atomic E-state index is 12.2. The van der Waals surface area contributed by atoms with E-state index in [1.54, 1.807) is 0 Å². The molecule has 3 rings (SSSR count).